The molecule has 0 spiro atoms. The minimum atomic E-state index is -0.743. The third-order valence-corrected chi connectivity index (χ3v) is 8.93. The molecular weight excluding hydrogens is 384 g/mol. The molecule has 0 aromatic rings. The molecule has 3 heteroatoms. The van der Waals surface area contributed by atoms with Crippen molar-refractivity contribution in [2.45, 2.75) is 97.4 Å². The van der Waals surface area contributed by atoms with Gasteiger partial charge in [-0.25, -0.2) is 0 Å². The summed E-state index contributed by atoms with van der Waals surface area (Å²) in [5, 5.41) is 30.7. The van der Waals surface area contributed by atoms with E-state index in [0.717, 1.165) is 24.0 Å². The molecule has 174 valence electrons. The summed E-state index contributed by atoms with van der Waals surface area (Å²) >= 11 is 0. The fourth-order valence-electron chi connectivity index (χ4n) is 6.08. The van der Waals surface area contributed by atoms with Crippen LogP contribution < -0.4 is 0 Å². The van der Waals surface area contributed by atoms with Crippen molar-refractivity contribution >= 4 is 0 Å². The highest BCUT2D eigenvalue weighted by atomic mass is 16.3. The van der Waals surface area contributed by atoms with Crippen molar-refractivity contribution in [3.05, 3.63) is 47.6 Å². The molecule has 0 amide bonds. The van der Waals surface area contributed by atoms with Gasteiger partial charge in [0, 0.05) is 6.42 Å². The van der Waals surface area contributed by atoms with Gasteiger partial charge in [-0.05, 0) is 85.7 Å². The second-order valence-corrected chi connectivity index (χ2v) is 11.3. The van der Waals surface area contributed by atoms with Gasteiger partial charge in [0.1, 0.15) is 0 Å². The Morgan fingerprint density at radius 3 is 2.52 bits per heavy atom. The summed E-state index contributed by atoms with van der Waals surface area (Å²) in [5.74, 6) is 2.06. The molecule has 7 atom stereocenters. The fraction of sp³-hybridized carbons (Fsp3) is 0.714. The lowest BCUT2D eigenvalue weighted by molar-refractivity contribution is 0.0604. The van der Waals surface area contributed by atoms with E-state index in [1.165, 1.54) is 24.8 Å². The van der Waals surface area contributed by atoms with Crippen LogP contribution in [0.1, 0.15) is 79.6 Å². The van der Waals surface area contributed by atoms with Crippen LogP contribution in [-0.2, 0) is 0 Å². The van der Waals surface area contributed by atoms with Crippen molar-refractivity contribution in [3.8, 4) is 0 Å². The van der Waals surface area contributed by atoms with Crippen molar-refractivity contribution in [3.63, 3.8) is 0 Å². The predicted octanol–water partition coefficient (Wildman–Crippen LogP) is 5.73. The van der Waals surface area contributed by atoms with Gasteiger partial charge in [0.15, 0.2) is 0 Å². The lowest BCUT2D eigenvalue weighted by Gasteiger charge is -2.43. The van der Waals surface area contributed by atoms with E-state index >= 15 is 0 Å². The van der Waals surface area contributed by atoms with Gasteiger partial charge < -0.3 is 15.3 Å². The number of allylic oxidation sites excluding steroid dienone is 4. The molecule has 3 N–H and O–H groups in total. The molecule has 3 aliphatic carbocycles. The predicted molar refractivity (Wildman–Crippen MR) is 128 cm³/mol. The first-order valence-corrected chi connectivity index (χ1v) is 12.3. The molecule has 3 fully saturated rings. The summed E-state index contributed by atoms with van der Waals surface area (Å²) in [6, 6.07) is 0. The Kier molecular flexibility index (Phi) is 7.40. The molecule has 0 aromatic carbocycles. The third kappa shape index (κ3) is 5.26. The molecular formula is C28H44O3. The monoisotopic (exact) mass is 428 g/mol. The first-order chi connectivity index (χ1) is 14.4. The van der Waals surface area contributed by atoms with E-state index in [4.69, 9.17) is 0 Å². The molecule has 0 aliphatic heterocycles. The van der Waals surface area contributed by atoms with E-state index < -0.39 is 17.8 Å². The summed E-state index contributed by atoms with van der Waals surface area (Å²) in [6.07, 6.45) is 14.5. The fourth-order valence-corrected chi connectivity index (χ4v) is 6.08. The third-order valence-electron chi connectivity index (χ3n) is 8.93. The molecule has 31 heavy (non-hydrogen) atoms. The molecule has 0 aromatic heterocycles. The van der Waals surface area contributed by atoms with Crippen LogP contribution in [0, 0.1) is 29.1 Å². The molecule has 0 radical (unpaired) electrons. The summed E-state index contributed by atoms with van der Waals surface area (Å²) < 4.78 is 0. The second kappa shape index (κ2) is 9.37. The lowest BCUT2D eigenvalue weighted by Crippen LogP contribution is -2.35. The summed E-state index contributed by atoms with van der Waals surface area (Å²) in [6.45, 7) is 14.9. The first-order valence-electron chi connectivity index (χ1n) is 12.3. The Morgan fingerprint density at radius 1 is 1.13 bits per heavy atom. The lowest BCUT2D eigenvalue weighted by atomic mass is 9.61. The summed E-state index contributed by atoms with van der Waals surface area (Å²) in [4.78, 5) is 0. The minimum Gasteiger partial charge on any atom is -0.393 e. The van der Waals surface area contributed by atoms with Crippen LogP contribution in [-0.4, -0.2) is 33.1 Å². The van der Waals surface area contributed by atoms with E-state index in [2.05, 4.69) is 52.5 Å². The minimum absolute atomic E-state index is 0.210. The molecule has 0 heterocycles. The van der Waals surface area contributed by atoms with Crippen LogP contribution in [0.5, 0.6) is 0 Å². The number of rotatable bonds is 5. The standard InChI is InChI=1S/C28H44O3/c1-18(2)28(6,31)14-11-19(3)25-10-9-23-15-21(12-13-27(23,25)5)7-8-22-16-24(29)17-26(30)20(22)4/h7-8,11,14,18-19,23-26,29-31H,4,9-10,12-13,15-17H2,1-3,5-6H3/b14-11+,21-7+,22-8-/t19-,23?,24-,25?,26?,27?,28-/m1/s1. The number of hydrogen-bond acceptors (Lipinski definition) is 3. The van der Waals surface area contributed by atoms with Crippen molar-refractivity contribution < 1.29 is 15.3 Å². The van der Waals surface area contributed by atoms with E-state index in [0.29, 0.717) is 36.0 Å². The van der Waals surface area contributed by atoms with Crippen LogP contribution in [0.2, 0.25) is 0 Å². The zero-order chi connectivity index (χ0) is 23.0. The van der Waals surface area contributed by atoms with Crippen LogP contribution in [0.3, 0.4) is 0 Å². The molecule has 0 saturated heterocycles. The highest BCUT2D eigenvalue weighted by Crippen LogP contribution is 2.58. The van der Waals surface area contributed by atoms with E-state index in [1.54, 1.807) is 0 Å². The zero-order valence-electron chi connectivity index (χ0n) is 20.3. The van der Waals surface area contributed by atoms with Gasteiger partial charge in [0.2, 0.25) is 0 Å². The Morgan fingerprint density at radius 2 is 1.84 bits per heavy atom. The highest BCUT2D eigenvalue weighted by molar-refractivity contribution is 5.38. The van der Waals surface area contributed by atoms with Crippen molar-refractivity contribution in [1.29, 1.82) is 0 Å². The first kappa shape index (κ1) is 24.5. The Hall–Kier alpha value is -1.16. The van der Waals surface area contributed by atoms with Gasteiger partial charge in [-0.2, -0.15) is 0 Å². The van der Waals surface area contributed by atoms with Gasteiger partial charge >= 0.3 is 0 Å². The van der Waals surface area contributed by atoms with Crippen LogP contribution >= 0.6 is 0 Å². The number of fused-ring (bicyclic) bond motifs is 1. The number of aliphatic hydroxyl groups excluding tert-OH is 2. The van der Waals surface area contributed by atoms with Crippen LogP contribution in [0.15, 0.2) is 47.6 Å². The summed E-state index contributed by atoms with van der Waals surface area (Å²) in [5.41, 5.74) is 2.87. The molecule has 3 aliphatic rings. The average molecular weight is 429 g/mol. The van der Waals surface area contributed by atoms with Crippen molar-refractivity contribution in [1.82, 2.24) is 0 Å². The SMILES string of the molecule is C=C1/C(=C\C=C2/CCC3(C)C(CCC3[C@H](C)/C=C/[C@@](C)(O)C(C)C)C2)C[C@@H](O)CC1O. The van der Waals surface area contributed by atoms with E-state index in [1.807, 2.05) is 13.0 Å². The van der Waals surface area contributed by atoms with Gasteiger partial charge in [-0.3, -0.25) is 0 Å². The van der Waals surface area contributed by atoms with Gasteiger partial charge in [0.05, 0.1) is 17.8 Å². The largest absolute Gasteiger partial charge is 0.393 e. The molecule has 0 bridgehead atoms. The number of hydrogen-bond donors (Lipinski definition) is 3. The highest BCUT2D eigenvalue weighted by Gasteiger charge is 2.49. The maximum atomic E-state index is 10.6. The normalized spacial score (nSPS) is 40.0. The topological polar surface area (TPSA) is 60.7 Å². The smallest absolute Gasteiger partial charge is 0.0822 e. The van der Waals surface area contributed by atoms with Gasteiger partial charge in [-0.15, -0.1) is 0 Å². The maximum absolute atomic E-state index is 10.6. The molecule has 3 nitrogen and oxygen atoms in total. The molecule has 3 rings (SSSR count). The number of aliphatic hydroxyl groups is 3. The molecule has 4 unspecified atom stereocenters. The van der Waals surface area contributed by atoms with E-state index in [-0.39, 0.29) is 5.92 Å². The Labute approximate surface area is 189 Å². The van der Waals surface area contributed by atoms with Crippen LogP contribution in [0.4, 0.5) is 0 Å². The van der Waals surface area contributed by atoms with Crippen molar-refractivity contribution in [2.75, 3.05) is 0 Å². The average Bonchev–Trinajstić information content (AvgIpc) is 3.04. The quantitative estimate of drug-likeness (QED) is 0.490. The van der Waals surface area contributed by atoms with Crippen LogP contribution in [0.25, 0.3) is 0 Å². The second-order valence-electron chi connectivity index (χ2n) is 11.3. The van der Waals surface area contributed by atoms with Gasteiger partial charge in [-0.1, -0.05) is 64.2 Å². The van der Waals surface area contributed by atoms with E-state index in [9.17, 15) is 15.3 Å². The maximum Gasteiger partial charge on any atom is 0.0822 e. The van der Waals surface area contributed by atoms with Gasteiger partial charge in [0.25, 0.3) is 0 Å². The van der Waals surface area contributed by atoms with Crippen molar-refractivity contribution in [2.24, 2.45) is 29.1 Å². The zero-order valence-corrected chi connectivity index (χ0v) is 20.3. The molecule has 3 saturated carbocycles. The Bertz CT molecular complexity index is 756. The summed E-state index contributed by atoms with van der Waals surface area (Å²) in [7, 11) is 0. The Balaban J connectivity index is 1.67.